The first-order valence-corrected chi connectivity index (χ1v) is 5.94. The molecule has 104 valence electrons. The highest BCUT2D eigenvalue weighted by atomic mass is 19.1. The average Bonchev–Trinajstić information content (AvgIpc) is 2.38. The molecule has 0 saturated heterocycles. The molecule has 1 N–H and O–H groups in total. The van der Waals surface area contributed by atoms with Gasteiger partial charge in [-0.15, -0.1) is 6.58 Å². The van der Waals surface area contributed by atoms with E-state index in [9.17, 15) is 9.18 Å². The molecule has 0 aliphatic rings. The molecule has 1 aromatic carbocycles. The summed E-state index contributed by atoms with van der Waals surface area (Å²) in [6.07, 6.45) is 1.66. The lowest BCUT2D eigenvalue weighted by molar-refractivity contribution is -0.130. The lowest BCUT2D eigenvalue weighted by Crippen LogP contribution is -2.34. The Kier molecular flexibility index (Phi) is 6.02. The molecule has 0 atom stereocenters. The quantitative estimate of drug-likeness (QED) is 0.759. The molecule has 1 amide bonds. The van der Waals surface area contributed by atoms with Crippen molar-refractivity contribution < 1.29 is 19.0 Å². The zero-order valence-corrected chi connectivity index (χ0v) is 10.9. The molecule has 0 radical (unpaired) electrons. The number of nitrogens with zero attached hydrogens (tertiary/aromatic N) is 1. The monoisotopic (exact) mass is 267 g/mol. The Balaban J connectivity index is 2.74. The van der Waals surface area contributed by atoms with Crippen LogP contribution >= 0.6 is 0 Å². The summed E-state index contributed by atoms with van der Waals surface area (Å²) in [6, 6.07) is 4.41. The molecule has 0 bridgehead atoms. The van der Waals surface area contributed by atoms with E-state index >= 15 is 0 Å². The van der Waals surface area contributed by atoms with E-state index < -0.39 is 5.82 Å². The summed E-state index contributed by atoms with van der Waals surface area (Å²) < 4.78 is 18.3. The summed E-state index contributed by atoms with van der Waals surface area (Å²) in [7, 11) is 1.39. The third kappa shape index (κ3) is 4.37. The summed E-state index contributed by atoms with van der Waals surface area (Å²) in [5.41, 5.74) is 0.565. The second kappa shape index (κ2) is 7.53. The average molecular weight is 267 g/mol. The molecule has 1 rings (SSSR count). The van der Waals surface area contributed by atoms with Crippen LogP contribution in [0.3, 0.4) is 0 Å². The fourth-order valence-corrected chi connectivity index (χ4v) is 1.70. The first-order valence-electron chi connectivity index (χ1n) is 5.94. The van der Waals surface area contributed by atoms with Crippen molar-refractivity contribution in [3.63, 3.8) is 0 Å². The Morgan fingerprint density at radius 1 is 1.58 bits per heavy atom. The van der Waals surface area contributed by atoms with Crippen LogP contribution in [0.4, 0.5) is 4.39 Å². The van der Waals surface area contributed by atoms with Crippen LogP contribution in [0.25, 0.3) is 0 Å². The fourth-order valence-electron chi connectivity index (χ4n) is 1.70. The minimum atomic E-state index is -0.495. The Morgan fingerprint density at radius 3 is 2.84 bits per heavy atom. The van der Waals surface area contributed by atoms with Crippen molar-refractivity contribution in [1.82, 2.24) is 4.90 Å². The van der Waals surface area contributed by atoms with Crippen molar-refractivity contribution in [2.75, 3.05) is 26.8 Å². The molecule has 0 unspecified atom stereocenters. The first kappa shape index (κ1) is 15.2. The van der Waals surface area contributed by atoms with Crippen LogP contribution in [-0.2, 0) is 11.2 Å². The number of carbonyl (C=O) groups excluding carboxylic acids is 1. The minimum Gasteiger partial charge on any atom is -0.494 e. The van der Waals surface area contributed by atoms with E-state index in [-0.39, 0.29) is 31.2 Å². The minimum absolute atomic E-state index is 0.0781. The number of amides is 1. The second-order valence-electron chi connectivity index (χ2n) is 4.00. The number of carbonyl (C=O) groups is 1. The zero-order chi connectivity index (χ0) is 14.3. The van der Waals surface area contributed by atoms with E-state index in [4.69, 9.17) is 9.84 Å². The number of methoxy groups -OCH3 is 1. The third-order valence-corrected chi connectivity index (χ3v) is 2.64. The van der Waals surface area contributed by atoms with Crippen molar-refractivity contribution >= 4 is 5.91 Å². The van der Waals surface area contributed by atoms with Gasteiger partial charge in [-0.05, 0) is 17.7 Å². The molecular formula is C14H18FNO3. The van der Waals surface area contributed by atoms with Gasteiger partial charge in [0.05, 0.1) is 20.1 Å². The van der Waals surface area contributed by atoms with Crippen LogP contribution in [0.1, 0.15) is 5.56 Å². The van der Waals surface area contributed by atoms with E-state index in [1.54, 1.807) is 12.1 Å². The molecular weight excluding hydrogens is 249 g/mol. The Bertz CT molecular complexity index is 448. The van der Waals surface area contributed by atoms with E-state index in [2.05, 4.69) is 6.58 Å². The van der Waals surface area contributed by atoms with Gasteiger partial charge in [0.15, 0.2) is 11.6 Å². The number of aliphatic hydroxyl groups is 1. The summed E-state index contributed by atoms with van der Waals surface area (Å²) in [5.74, 6) is -0.529. The third-order valence-electron chi connectivity index (χ3n) is 2.64. The van der Waals surface area contributed by atoms with Crippen LogP contribution in [0.5, 0.6) is 5.75 Å². The fraction of sp³-hybridized carbons (Fsp3) is 0.357. The number of benzene rings is 1. The molecule has 0 aliphatic heterocycles. The second-order valence-corrected chi connectivity index (χ2v) is 4.00. The molecule has 0 aromatic heterocycles. The van der Waals surface area contributed by atoms with Crippen molar-refractivity contribution in [3.05, 3.63) is 42.2 Å². The topological polar surface area (TPSA) is 49.8 Å². The van der Waals surface area contributed by atoms with Gasteiger partial charge in [-0.25, -0.2) is 4.39 Å². The number of aliphatic hydroxyl groups excluding tert-OH is 1. The normalized spacial score (nSPS) is 10.1. The molecule has 19 heavy (non-hydrogen) atoms. The molecule has 0 spiro atoms. The Hall–Kier alpha value is -1.88. The largest absolute Gasteiger partial charge is 0.494 e. The predicted octanol–water partition coefficient (Wildman–Crippen LogP) is 1.38. The van der Waals surface area contributed by atoms with Gasteiger partial charge in [0.1, 0.15) is 0 Å². The van der Waals surface area contributed by atoms with Crippen LogP contribution < -0.4 is 4.74 Å². The lowest BCUT2D eigenvalue weighted by atomic mass is 10.1. The summed E-state index contributed by atoms with van der Waals surface area (Å²) in [5, 5.41) is 8.89. The maximum atomic E-state index is 13.5. The number of halogens is 1. The molecule has 0 fully saturated rings. The maximum Gasteiger partial charge on any atom is 0.227 e. The van der Waals surface area contributed by atoms with E-state index in [0.717, 1.165) is 0 Å². The highest BCUT2D eigenvalue weighted by molar-refractivity contribution is 5.79. The van der Waals surface area contributed by atoms with Crippen molar-refractivity contribution in [2.45, 2.75) is 6.42 Å². The van der Waals surface area contributed by atoms with Crippen molar-refractivity contribution in [2.24, 2.45) is 0 Å². The maximum absolute atomic E-state index is 13.5. The van der Waals surface area contributed by atoms with Gasteiger partial charge in [0, 0.05) is 13.1 Å². The number of hydrogen-bond acceptors (Lipinski definition) is 3. The zero-order valence-electron chi connectivity index (χ0n) is 10.9. The SMILES string of the molecule is C=CCN(CCO)C(=O)Cc1ccc(OC)c(F)c1. The predicted molar refractivity (Wildman–Crippen MR) is 70.5 cm³/mol. The Morgan fingerprint density at radius 2 is 2.32 bits per heavy atom. The van der Waals surface area contributed by atoms with Gasteiger partial charge in [-0.2, -0.15) is 0 Å². The molecule has 0 aliphatic carbocycles. The first-order chi connectivity index (χ1) is 9.12. The van der Waals surface area contributed by atoms with Crippen molar-refractivity contribution in [1.29, 1.82) is 0 Å². The van der Waals surface area contributed by atoms with Gasteiger partial charge in [0.2, 0.25) is 5.91 Å². The summed E-state index contributed by atoms with van der Waals surface area (Å²) in [4.78, 5) is 13.4. The summed E-state index contributed by atoms with van der Waals surface area (Å²) in [6.45, 7) is 4.04. The standard InChI is InChI=1S/C14H18FNO3/c1-3-6-16(7-8-17)14(18)10-11-4-5-13(19-2)12(15)9-11/h3-5,9,17H,1,6-8,10H2,2H3. The van der Waals surface area contributed by atoms with Gasteiger partial charge >= 0.3 is 0 Å². The van der Waals surface area contributed by atoms with Gasteiger partial charge in [-0.3, -0.25) is 4.79 Å². The van der Waals surface area contributed by atoms with E-state index in [1.807, 2.05) is 0 Å². The van der Waals surface area contributed by atoms with E-state index in [1.165, 1.54) is 24.1 Å². The molecule has 4 nitrogen and oxygen atoms in total. The highest BCUT2D eigenvalue weighted by Gasteiger charge is 2.13. The lowest BCUT2D eigenvalue weighted by Gasteiger charge is -2.20. The van der Waals surface area contributed by atoms with E-state index in [0.29, 0.717) is 12.1 Å². The number of hydrogen-bond donors (Lipinski definition) is 1. The van der Waals surface area contributed by atoms with Crippen molar-refractivity contribution in [3.8, 4) is 5.75 Å². The van der Waals surface area contributed by atoms with Gasteiger partial charge in [-0.1, -0.05) is 12.1 Å². The number of rotatable bonds is 7. The molecule has 0 heterocycles. The summed E-state index contributed by atoms with van der Waals surface area (Å²) >= 11 is 0. The number of ether oxygens (including phenoxy) is 1. The van der Waals surface area contributed by atoms with Crippen LogP contribution in [-0.4, -0.2) is 42.7 Å². The molecule has 1 aromatic rings. The molecule has 0 saturated carbocycles. The van der Waals surface area contributed by atoms with Gasteiger partial charge in [0.25, 0.3) is 0 Å². The Labute approximate surface area is 112 Å². The highest BCUT2D eigenvalue weighted by Crippen LogP contribution is 2.18. The van der Waals surface area contributed by atoms with Crippen LogP contribution in [0.15, 0.2) is 30.9 Å². The van der Waals surface area contributed by atoms with Crippen LogP contribution in [0.2, 0.25) is 0 Å². The smallest absolute Gasteiger partial charge is 0.227 e. The van der Waals surface area contributed by atoms with Crippen LogP contribution in [0, 0.1) is 5.82 Å². The van der Waals surface area contributed by atoms with Gasteiger partial charge < -0.3 is 14.7 Å². The molecule has 5 heteroatoms.